The van der Waals surface area contributed by atoms with Crippen LogP contribution in [0, 0.1) is 12.8 Å². The van der Waals surface area contributed by atoms with Crippen molar-refractivity contribution < 1.29 is 14.3 Å². The molecule has 0 radical (unpaired) electrons. The number of carbonyl (C=O) groups is 1. The summed E-state index contributed by atoms with van der Waals surface area (Å²) in [6.45, 7) is 4.84. The summed E-state index contributed by atoms with van der Waals surface area (Å²) in [5.41, 5.74) is 2.50. The molecule has 1 unspecified atom stereocenters. The van der Waals surface area contributed by atoms with Crippen LogP contribution in [0.1, 0.15) is 42.9 Å². The molecule has 2 saturated heterocycles. The number of amides is 2. The van der Waals surface area contributed by atoms with Gasteiger partial charge >= 0.3 is 6.03 Å². The molecular weight excluding hydrogens is 304 g/mol. The van der Waals surface area contributed by atoms with Gasteiger partial charge in [-0.3, -0.25) is 0 Å². The molecule has 1 N–H and O–H groups in total. The Balaban J connectivity index is 1.40. The van der Waals surface area contributed by atoms with Crippen LogP contribution in [0.3, 0.4) is 0 Å². The van der Waals surface area contributed by atoms with Gasteiger partial charge in [0, 0.05) is 25.9 Å². The second kappa shape index (κ2) is 6.37. The van der Waals surface area contributed by atoms with Crippen LogP contribution >= 0.6 is 0 Å². The van der Waals surface area contributed by atoms with E-state index in [1.165, 1.54) is 24.0 Å². The molecule has 5 heteroatoms. The SMILES string of the molecule is Cc1ccccc1C(NC(=O)N1CCC2(CC1)OCCO2)C1CC1. The molecule has 2 aliphatic heterocycles. The van der Waals surface area contributed by atoms with Crippen LogP contribution in [-0.4, -0.2) is 43.0 Å². The number of nitrogens with one attached hydrogen (secondary N) is 1. The highest BCUT2D eigenvalue weighted by molar-refractivity contribution is 5.75. The van der Waals surface area contributed by atoms with Gasteiger partial charge in [0.2, 0.25) is 0 Å². The van der Waals surface area contributed by atoms with Gasteiger partial charge in [0.15, 0.2) is 5.79 Å². The predicted octanol–water partition coefficient (Wildman–Crippen LogP) is 2.99. The Kier molecular flexibility index (Phi) is 4.22. The molecular formula is C19H26N2O3. The van der Waals surface area contributed by atoms with Crippen LogP contribution in [0.25, 0.3) is 0 Å². The van der Waals surface area contributed by atoms with Crippen molar-refractivity contribution in [3.05, 3.63) is 35.4 Å². The van der Waals surface area contributed by atoms with Crippen molar-refractivity contribution >= 4 is 6.03 Å². The van der Waals surface area contributed by atoms with Crippen LogP contribution in [0.5, 0.6) is 0 Å². The van der Waals surface area contributed by atoms with Crippen molar-refractivity contribution in [1.82, 2.24) is 10.2 Å². The fourth-order valence-corrected chi connectivity index (χ4v) is 3.88. The second-order valence-electron chi connectivity index (χ2n) is 7.22. The number of nitrogens with zero attached hydrogens (tertiary/aromatic N) is 1. The largest absolute Gasteiger partial charge is 0.347 e. The maximum Gasteiger partial charge on any atom is 0.317 e. The van der Waals surface area contributed by atoms with E-state index in [1.807, 2.05) is 4.90 Å². The molecule has 1 aromatic rings. The maximum absolute atomic E-state index is 12.8. The molecule has 0 aromatic heterocycles. The predicted molar refractivity (Wildman–Crippen MR) is 90.6 cm³/mol. The van der Waals surface area contributed by atoms with Gasteiger partial charge in [0.05, 0.1) is 19.3 Å². The smallest absolute Gasteiger partial charge is 0.317 e. The van der Waals surface area contributed by atoms with Crippen molar-refractivity contribution in [2.75, 3.05) is 26.3 Å². The number of ether oxygens (including phenoxy) is 2. The van der Waals surface area contributed by atoms with E-state index in [0.717, 1.165) is 12.8 Å². The molecule has 3 aliphatic rings. The first-order valence-electron chi connectivity index (χ1n) is 9.06. The number of aryl methyl sites for hydroxylation is 1. The summed E-state index contributed by atoms with van der Waals surface area (Å²) in [4.78, 5) is 14.7. The van der Waals surface area contributed by atoms with E-state index in [4.69, 9.17) is 9.47 Å². The van der Waals surface area contributed by atoms with Gasteiger partial charge in [0.25, 0.3) is 0 Å². The van der Waals surface area contributed by atoms with E-state index in [0.29, 0.717) is 32.2 Å². The van der Waals surface area contributed by atoms with Crippen LogP contribution in [0.15, 0.2) is 24.3 Å². The van der Waals surface area contributed by atoms with E-state index in [-0.39, 0.29) is 12.1 Å². The zero-order valence-corrected chi connectivity index (χ0v) is 14.3. The fourth-order valence-electron chi connectivity index (χ4n) is 3.88. The lowest BCUT2D eigenvalue weighted by atomic mass is 9.97. The van der Waals surface area contributed by atoms with Crippen LogP contribution in [0.2, 0.25) is 0 Å². The Labute approximate surface area is 143 Å². The van der Waals surface area contributed by atoms with Crippen LogP contribution < -0.4 is 5.32 Å². The molecule has 3 fully saturated rings. The summed E-state index contributed by atoms with van der Waals surface area (Å²) in [6.07, 6.45) is 3.92. The zero-order valence-electron chi connectivity index (χ0n) is 14.3. The average molecular weight is 330 g/mol. The van der Waals surface area contributed by atoms with Crippen molar-refractivity contribution in [2.45, 2.75) is 44.4 Å². The number of carbonyl (C=O) groups excluding carboxylic acids is 1. The van der Waals surface area contributed by atoms with Gasteiger partial charge in [-0.05, 0) is 36.8 Å². The molecule has 4 rings (SSSR count). The van der Waals surface area contributed by atoms with Crippen molar-refractivity contribution in [3.8, 4) is 0 Å². The normalized spacial score (nSPS) is 24.1. The second-order valence-corrected chi connectivity index (χ2v) is 7.22. The third-order valence-corrected chi connectivity index (χ3v) is 5.52. The number of likely N-dealkylation sites (tertiary alicyclic amines) is 1. The first-order valence-corrected chi connectivity index (χ1v) is 9.06. The lowest BCUT2D eigenvalue weighted by Gasteiger charge is -2.38. The molecule has 1 atom stereocenters. The Morgan fingerprint density at radius 3 is 2.50 bits per heavy atom. The highest BCUT2D eigenvalue weighted by Crippen LogP contribution is 2.42. The lowest BCUT2D eigenvalue weighted by Crippen LogP contribution is -2.51. The summed E-state index contributed by atoms with van der Waals surface area (Å²) in [5, 5.41) is 3.29. The highest BCUT2D eigenvalue weighted by Gasteiger charge is 2.41. The van der Waals surface area contributed by atoms with Gasteiger partial charge < -0.3 is 19.7 Å². The number of hydrogen-bond donors (Lipinski definition) is 1. The minimum absolute atomic E-state index is 0.0444. The van der Waals surface area contributed by atoms with Crippen LogP contribution in [0.4, 0.5) is 4.79 Å². The first kappa shape index (κ1) is 15.9. The highest BCUT2D eigenvalue weighted by atomic mass is 16.7. The van der Waals surface area contributed by atoms with Gasteiger partial charge in [-0.15, -0.1) is 0 Å². The van der Waals surface area contributed by atoms with E-state index < -0.39 is 5.79 Å². The minimum Gasteiger partial charge on any atom is -0.347 e. The van der Waals surface area contributed by atoms with E-state index >= 15 is 0 Å². The maximum atomic E-state index is 12.8. The van der Waals surface area contributed by atoms with Gasteiger partial charge in [-0.1, -0.05) is 24.3 Å². The summed E-state index contributed by atoms with van der Waals surface area (Å²) in [6, 6.07) is 8.55. The number of benzene rings is 1. The quantitative estimate of drug-likeness (QED) is 0.927. The Morgan fingerprint density at radius 1 is 1.21 bits per heavy atom. The Morgan fingerprint density at radius 2 is 1.88 bits per heavy atom. The first-order chi connectivity index (χ1) is 11.7. The lowest BCUT2D eigenvalue weighted by molar-refractivity contribution is -0.181. The van der Waals surface area contributed by atoms with E-state index in [1.54, 1.807) is 0 Å². The minimum atomic E-state index is -0.428. The number of piperidine rings is 1. The topological polar surface area (TPSA) is 50.8 Å². The fraction of sp³-hybridized carbons (Fsp3) is 0.632. The van der Waals surface area contributed by atoms with Crippen LogP contribution in [-0.2, 0) is 9.47 Å². The average Bonchev–Trinajstić information content (AvgIpc) is 3.35. The Hall–Kier alpha value is -1.59. The van der Waals surface area contributed by atoms with Gasteiger partial charge in [0.1, 0.15) is 0 Å². The number of urea groups is 1. The van der Waals surface area contributed by atoms with Crippen molar-refractivity contribution in [2.24, 2.45) is 5.92 Å². The summed E-state index contributed by atoms with van der Waals surface area (Å²) in [5.74, 6) is 0.149. The zero-order chi connectivity index (χ0) is 16.6. The molecule has 5 nitrogen and oxygen atoms in total. The molecule has 1 aromatic carbocycles. The van der Waals surface area contributed by atoms with Gasteiger partial charge in [-0.25, -0.2) is 4.79 Å². The molecule has 2 heterocycles. The molecule has 1 spiro atoms. The third kappa shape index (κ3) is 3.15. The summed E-state index contributed by atoms with van der Waals surface area (Å²) in [7, 11) is 0. The number of rotatable bonds is 3. The molecule has 2 amide bonds. The molecule has 1 aliphatic carbocycles. The van der Waals surface area contributed by atoms with Crippen molar-refractivity contribution in [3.63, 3.8) is 0 Å². The molecule has 130 valence electrons. The molecule has 1 saturated carbocycles. The standard InChI is InChI=1S/C19H26N2O3/c1-14-4-2-3-5-16(14)17(15-6-7-15)20-18(22)21-10-8-19(9-11-21)23-12-13-24-19/h2-5,15,17H,6-13H2,1H3,(H,20,22). The monoisotopic (exact) mass is 330 g/mol. The Bertz CT molecular complexity index is 598. The van der Waals surface area contributed by atoms with Gasteiger partial charge in [-0.2, -0.15) is 0 Å². The number of hydrogen-bond acceptors (Lipinski definition) is 3. The summed E-state index contributed by atoms with van der Waals surface area (Å²) < 4.78 is 11.5. The molecule has 24 heavy (non-hydrogen) atoms. The molecule has 0 bridgehead atoms. The third-order valence-electron chi connectivity index (χ3n) is 5.52. The van der Waals surface area contributed by atoms with E-state index in [9.17, 15) is 4.79 Å². The van der Waals surface area contributed by atoms with E-state index in [2.05, 4.69) is 36.5 Å². The van der Waals surface area contributed by atoms with Crippen molar-refractivity contribution in [1.29, 1.82) is 0 Å². The summed E-state index contributed by atoms with van der Waals surface area (Å²) >= 11 is 0.